The van der Waals surface area contributed by atoms with Gasteiger partial charge in [0.25, 0.3) is 0 Å². The maximum atomic E-state index is 5.95. The first-order valence-electron chi connectivity index (χ1n) is 7.58. The number of benzene rings is 1. The van der Waals surface area contributed by atoms with Crippen molar-refractivity contribution >= 4 is 0 Å². The minimum absolute atomic E-state index is 0.0918. The van der Waals surface area contributed by atoms with E-state index in [1.165, 1.54) is 5.56 Å². The van der Waals surface area contributed by atoms with Gasteiger partial charge in [0, 0.05) is 17.6 Å². The van der Waals surface area contributed by atoms with Gasteiger partial charge in [0.15, 0.2) is 0 Å². The predicted molar refractivity (Wildman–Crippen MR) is 82.2 cm³/mol. The van der Waals surface area contributed by atoms with Gasteiger partial charge >= 0.3 is 0 Å². The summed E-state index contributed by atoms with van der Waals surface area (Å²) in [4.78, 5) is 0. The number of methoxy groups -OCH3 is 1. The van der Waals surface area contributed by atoms with Crippen LogP contribution in [-0.4, -0.2) is 26.4 Å². The lowest BCUT2D eigenvalue weighted by molar-refractivity contribution is -0.0469. The van der Waals surface area contributed by atoms with Gasteiger partial charge in [-0.15, -0.1) is 0 Å². The average Bonchev–Trinajstić information content (AvgIpc) is 2.47. The van der Waals surface area contributed by atoms with Crippen LogP contribution in [0.15, 0.2) is 24.3 Å². The SMILES string of the molecule is COc1ccccc1C1(CCN)CCOC(C(C)C)C1. The van der Waals surface area contributed by atoms with Crippen LogP contribution in [0.4, 0.5) is 0 Å². The van der Waals surface area contributed by atoms with E-state index in [0.717, 1.165) is 31.6 Å². The van der Waals surface area contributed by atoms with Gasteiger partial charge in [-0.3, -0.25) is 0 Å². The highest BCUT2D eigenvalue weighted by Gasteiger charge is 2.40. The highest BCUT2D eigenvalue weighted by Crippen LogP contribution is 2.44. The molecule has 0 spiro atoms. The third-order valence-corrected chi connectivity index (χ3v) is 4.55. The maximum absolute atomic E-state index is 5.95. The van der Waals surface area contributed by atoms with Gasteiger partial charge in [0.1, 0.15) is 5.75 Å². The lowest BCUT2D eigenvalue weighted by atomic mass is 9.68. The Morgan fingerprint density at radius 3 is 2.80 bits per heavy atom. The van der Waals surface area contributed by atoms with E-state index in [2.05, 4.69) is 26.0 Å². The van der Waals surface area contributed by atoms with Crippen LogP contribution in [0.5, 0.6) is 5.75 Å². The number of para-hydroxylation sites is 1. The highest BCUT2D eigenvalue weighted by atomic mass is 16.5. The topological polar surface area (TPSA) is 44.5 Å². The molecule has 1 aliphatic heterocycles. The second-order valence-electron chi connectivity index (χ2n) is 6.13. The Hall–Kier alpha value is -1.06. The van der Waals surface area contributed by atoms with Crippen molar-refractivity contribution in [3.63, 3.8) is 0 Å². The van der Waals surface area contributed by atoms with Gasteiger partial charge in [-0.1, -0.05) is 32.0 Å². The first-order chi connectivity index (χ1) is 9.63. The Labute approximate surface area is 122 Å². The van der Waals surface area contributed by atoms with Gasteiger partial charge in [-0.2, -0.15) is 0 Å². The van der Waals surface area contributed by atoms with E-state index in [4.69, 9.17) is 15.2 Å². The van der Waals surface area contributed by atoms with Crippen LogP contribution in [-0.2, 0) is 10.2 Å². The molecule has 2 atom stereocenters. The summed E-state index contributed by atoms with van der Waals surface area (Å²) in [6.45, 7) is 5.96. The minimum Gasteiger partial charge on any atom is -0.496 e. The third kappa shape index (κ3) is 2.99. The molecule has 3 heteroatoms. The Morgan fingerprint density at radius 1 is 1.40 bits per heavy atom. The molecule has 2 rings (SSSR count). The summed E-state index contributed by atoms with van der Waals surface area (Å²) >= 11 is 0. The zero-order valence-corrected chi connectivity index (χ0v) is 12.9. The van der Waals surface area contributed by atoms with Crippen LogP contribution in [0.25, 0.3) is 0 Å². The molecule has 0 aliphatic carbocycles. The number of rotatable bonds is 5. The zero-order valence-electron chi connectivity index (χ0n) is 12.9. The molecule has 112 valence electrons. The van der Waals surface area contributed by atoms with E-state index in [1.54, 1.807) is 7.11 Å². The summed E-state index contributed by atoms with van der Waals surface area (Å²) in [7, 11) is 1.74. The molecule has 1 fully saturated rings. The summed E-state index contributed by atoms with van der Waals surface area (Å²) in [5, 5.41) is 0. The van der Waals surface area contributed by atoms with Crippen molar-refractivity contribution in [3.05, 3.63) is 29.8 Å². The molecular weight excluding hydrogens is 250 g/mol. The zero-order chi connectivity index (χ0) is 14.6. The molecule has 1 aromatic carbocycles. The molecule has 1 aliphatic rings. The number of hydrogen-bond acceptors (Lipinski definition) is 3. The fourth-order valence-electron chi connectivity index (χ4n) is 3.35. The third-order valence-electron chi connectivity index (χ3n) is 4.55. The van der Waals surface area contributed by atoms with E-state index in [-0.39, 0.29) is 5.41 Å². The Kier molecular flexibility index (Phi) is 5.06. The molecule has 1 aromatic rings. The summed E-state index contributed by atoms with van der Waals surface area (Å²) in [6.07, 6.45) is 3.34. The van der Waals surface area contributed by atoms with Crippen molar-refractivity contribution in [2.24, 2.45) is 11.7 Å². The average molecular weight is 277 g/mol. The van der Waals surface area contributed by atoms with Crippen molar-refractivity contribution < 1.29 is 9.47 Å². The molecule has 0 aromatic heterocycles. The van der Waals surface area contributed by atoms with Crippen LogP contribution in [0, 0.1) is 5.92 Å². The van der Waals surface area contributed by atoms with Crippen LogP contribution < -0.4 is 10.5 Å². The number of hydrogen-bond donors (Lipinski definition) is 1. The molecule has 20 heavy (non-hydrogen) atoms. The fourth-order valence-corrected chi connectivity index (χ4v) is 3.35. The molecule has 1 saturated heterocycles. The lowest BCUT2D eigenvalue weighted by Gasteiger charge is -2.43. The minimum atomic E-state index is 0.0918. The van der Waals surface area contributed by atoms with Gasteiger partial charge in [-0.25, -0.2) is 0 Å². The smallest absolute Gasteiger partial charge is 0.122 e. The van der Waals surface area contributed by atoms with E-state index < -0.39 is 0 Å². The Balaban J connectivity index is 2.38. The van der Waals surface area contributed by atoms with Crippen LogP contribution in [0.3, 0.4) is 0 Å². The van der Waals surface area contributed by atoms with Crippen molar-refractivity contribution in [3.8, 4) is 5.75 Å². The molecular formula is C17H27NO2. The van der Waals surface area contributed by atoms with Crippen molar-refractivity contribution in [2.75, 3.05) is 20.3 Å². The Bertz CT molecular complexity index is 429. The molecule has 0 bridgehead atoms. The normalized spacial score (nSPS) is 26.8. The molecule has 2 N–H and O–H groups in total. The summed E-state index contributed by atoms with van der Waals surface area (Å²) in [5.74, 6) is 1.51. The maximum Gasteiger partial charge on any atom is 0.122 e. The second kappa shape index (κ2) is 6.59. The predicted octanol–water partition coefficient (Wildman–Crippen LogP) is 3.12. The first-order valence-corrected chi connectivity index (χ1v) is 7.58. The molecule has 3 nitrogen and oxygen atoms in total. The summed E-state index contributed by atoms with van der Waals surface area (Å²) in [6, 6.07) is 8.36. The van der Waals surface area contributed by atoms with Gasteiger partial charge in [0.05, 0.1) is 13.2 Å². The fraction of sp³-hybridized carbons (Fsp3) is 0.647. The molecule has 0 amide bonds. The van der Waals surface area contributed by atoms with Gasteiger partial charge < -0.3 is 15.2 Å². The molecule has 2 unspecified atom stereocenters. The van der Waals surface area contributed by atoms with E-state index >= 15 is 0 Å². The largest absolute Gasteiger partial charge is 0.496 e. The standard InChI is InChI=1S/C17H27NO2/c1-13(2)16-12-17(8-10-18,9-11-20-16)14-6-4-5-7-15(14)19-3/h4-7,13,16H,8-12,18H2,1-3H3. The van der Waals surface area contributed by atoms with Crippen molar-refractivity contribution in [1.29, 1.82) is 0 Å². The quantitative estimate of drug-likeness (QED) is 0.899. The monoisotopic (exact) mass is 277 g/mol. The Morgan fingerprint density at radius 2 is 2.15 bits per heavy atom. The highest BCUT2D eigenvalue weighted by molar-refractivity contribution is 5.40. The van der Waals surface area contributed by atoms with Gasteiger partial charge in [0.2, 0.25) is 0 Å². The van der Waals surface area contributed by atoms with E-state index in [0.29, 0.717) is 18.6 Å². The first kappa shape index (κ1) is 15.3. The number of ether oxygens (including phenoxy) is 2. The number of nitrogens with two attached hydrogens (primary N) is 1. The molecule has 1 heterocycles. The van der Waals surface area contributed by atoms with Crippen LogP contribution >= 0.6 is 0 Å². The lowest BCUT2D eigenvalue weighted by Crippen LogP contribution is -2.42. The summed E-state index contributed by atoms with van der Waals surface area (Å²) in [5.41, 5.74) is 7.30. The second-order valence-corrected chi connectivity index (χ2v) is 6.13. The van der Waals surface area contributed by atoms with Crippen molar-refractivity contribution in [1.82, 2.24) is 0 Å². The summed E-state index contributed by atoms with van der Waals surface area (Å²) < 4.78 is 11.5. The van der Waals surface area contributed by atoms with Gasteiger partial charge in [-0.05, 0) is 37.8 Å². The molecule has 0 saturated carbocycles. The molecule has 0 radical (unpaired) electrons. The van der Waals surface area contributed by atoms with Crippen LogP contribution in [0.1, 0.15) is 38.7 Å². The van der Waals surface area contributed by atoms with Crippen LogP contribution in [0.2, 0.25) is 0 Å². The van der Waals surface area contributed by atoms with Crippen molar-refractivity contribution in [2.45, 2.75) is 44.6 Å². The van der Waals surface area contributed by atoms with E-state index in [9.17, 15) is 0 Å². The van der Waals surface area contributed by atoms with E-state index in [1.807, 2.05) is 12.1 Å².